The summed E-state index contributed by atoms with van der Waals surface area (Å²) in [4.78, 5) is 0. The van der Waals surface area contributed by atoms with Crippen molar-refractivity contribution in [3.8, 4) is 0 Å². The molecule has 3 heterocycles. The van der Waals surface area contributed by atoms with E-state index in [0.717, 1.165) is 59.1 Å². The van der Waals surface area contributed by atoms with E-state index in [2.05, 4.69) is 13.8 Å². The zero-order valence-electron chi connectivity index (χ0n) is 16.8. The average molecular weight is 371 g/mol. The fourth-order valence-electron chi connectivity index (χ4n) is 3.50. The van der Waals surface area contributed by atoms with Crippen LogP contribution in [0.3, 0.4) is 0 Å². The summed E-state index contributed by atoms with van der Waals surface area (Å²) in [7, 11) is 0. The second kappa shape index (κ2) is 10.4. The Hall–Kier alpha value is -0.200. The lowest BCUT2D eigenvalue weighted by Crippen LogP contribution is -2.34. The van der Waals surface area contributed by atoms with E-state index in [0.29, 0.717) is 24.2 Å². The molecule has 0 N–H and O–H groups in total. The number of hydrogen-bond donors (Lipinski definition) is 0. The predicted molar refractivity (Wildman–Crippen MR) is 100 cm³/mol. The third kappa shape index (κ3) is 8.22. The summed E-state index contributed by atoms with van der Waals surface area (Å²) in [5.41, 5.74) is 0.117. The molecule has 0 bridgehead atoms. The van der Waals surface area contributed by atoms with Gasteiger partial charge in [-0.05, 0) is 31.6 Å². The fourth-order valence-corrected chi connectivity index (χ4v) is 3.50. The van der Waals surface area contributed by atoms with Crippen molar-refractivity contribution >= 4 is 0 Å². The molecule has 3 saturated heterocycles. The highest BCUT2D eigenvalue weighted by Gasteiger charge is 2.34. The van der Waals surface area contributed by atoms with Crippen LogP contribution < -0.4 is 0 Å². The molecule has 0 aromatic heterocycles. The summed E-state index contributed by atoms with van der Waals surface area (Å²) in [5.74, 6) is 0.619. The van der Waals surface area contributed by atoms with Crippen LogP contribution in [-0.2, 0) is 23.7 Å². The standard InChI is InChI=1S/C21H38O5/c1-3-17(2)10-22-15-21(8-4-6-18-12-24-18,9-5-7-19-13-25-19)16-23-11-20-14-26-20/h17-20H,3-16H2,1-2H3. The second-order valence-electron chi connectivity index (χ2n) is 8.69. The molecule has 26 heavy (non-hydrogen) atoms. The lowest BCUT2D eigenvalue weighted by molar-refractivity contribution is -0.0438. The van der Waals surface area contributed by atoms with E-state index in [1.165, 1.54) is 32.1 Å². The van der Waals surface area contributed by atoms with Crippen LogP contribution in [0.25, 0.3) is 0 Å². The van der Waals surface area contributed by atoms with Gasteiger partial charge in [0.1, 0.15) is 6.10 Å². The molecular weight excluding hydrogens is 332 g/mol. The number of epoxide rings is 3. The smallest absolute Gasteiger partial charge is 0.104 e. The van der Waals surface area contributed by atoms with Crippen LogP contribution in [0.5, 0.6) is 0 Å². The van der Waals surface area contributed by atoms with Crippen molar-refractivity contribution in [3.05, 3.63) is 0 Å². The summed E-state index contributed by atoms with van der Waals surface area (Å²) in [6.45, 7) is 10.4. The van der Waals surface area contributed by atoms with Gasteiger partial charge in [-0.25, -0.2) is 0 Å². The normalized spacial score (nSPS) is 30.0. The zero-order chi connectivity index (χ0) is 18.2. The molecule has 3 fully saturated rings. The maximum atomic E-state index is 6.20. The minimum absolute atomic E-state index is 0.117. The van der Waals surface area contributed by atoms with Crippen molar-refractivity contribution in [1.82, 2.24) is 0 Å². The van der Waals surface area contributed by atoms with Gasteiger partial charge in [-0.15, -0.1) is 0 Å². The van der Waals surface area contributed by atoms with E-state index in [4.69, 9.17) is 23.7 Å². The van der Waals surface area contributed by atoms with E-state index in [-0.39, 0.29) is 5.41 Å². The summed E-state index contributed by atoms with van der Waals surface area (Å²) in [6.07, 6.45) is 9.56. The molecule has 0 radical (unpaired) electrons. The molecule has 0 aliphatic carbocycles. The molecule has 5 heteroatoms. The molecule has 4 atom stereocenters. The summed E-state index contributed by atoms with van der Waals surface area (Å²) in [6, 6.07) is 0. The Bertz CT molecular complexity index is 344. The van der Waals surface area contributed by atoms with Crippen molar-refractivity contribution in [2.45, 2.75) is 77.1 Å². The van der Waals surface area contributed by atoms with Gasteiger partial charge in [0, 0.05) is 12.0 Å². The summed E-state index contributed by atoms with van der Waals surface area (Å²) < 4.78 is 28.4. The highest BCUT2D eigenvalue weighted by atomic mass is 16.6. The molecule has 4 unspecified atom stereocenters. The SMILES string of the molecule is CCC(C)COCC(CCCC1CO1)(CCCC1CO1)COCC1CO1. The zero-order valence-corrected chi connectivity index (χ0v) is 16.8. The van der Waals surface area contributed by atoms with Crippen molar-refractivity contribution in [2.24, 2.45) is 11.3 Å². The van der Waals surface area contributed by atoms with Crippen molar-refractivity contribution in [2.75, 3.05) is 46.2 Å². The van der Waals surface area contributed by atoms with E-state index in [1.807, 2.05) is 0 Å². The highest BCUT2D eigenvalue weighted by Crippen LogP contribution is 2.35. The molecule has 3 rings (SSSR count). The Morgan fingerprint density at radius 2 is 1.42 bits per heavy atom. The Labute approximate surface area is 159 Å². The lowest BCUT2D eigenvalue weighted by Gasteiger charge is -2.34. The van der Waals surface area contributed by atoms with Crippen molar-refractivity contribution in [1.29, 1.82) is 0 Å². The molecule has 5 nitrogen and oxygen atoms in total. The van der Waals surface area contributed by atoms with E-state index in [9.17, 15) is 0 Å². The van der Waals surface area contributed by atoms with Gasteiger partial charge in [0.15, 0.2) is 0 Å². The summed E-state index contributed by atoms with van der Waals surface area (Å²) in [5, 5.41) is 0. The second-order valence-corrected chi connectivity index (χ2v) is 8.69. The molecule has 0 spiro atoms. The predicted octanol–water partition coefficient (Wildman–Crippen LogP) is 3.59. The van der Waals surface area contributed by atoms with Gasteiger partial charge < -0.3 is 23.7 Å². The molecule has 0 aromatic rings. The molecular formula is C21H38O5. The van der Waals surface area contributed by atoms with Gasteiger partial charge in [0.25, 0.3) is 0 Å². The first-order chi connectivity index (χ1) is 12.7. The van der Waals surface area contributed by atoms with E-state index in [1.54, 1.807) is 0 Å². The summed E-state index contributed by atoms with van der Waals surface area (Å²) >= 11 is 0. The molecule has 3 aliphatic rings. The monoisotopic (exact) mass is 370 g/mol. The van der Waals surface area contributed by atoms with Gasteiger partial charge in [0.05, 0.1) is 51.8 Å². The maximum Gasteiger partial charge on any atom is 0.104 e. The van der Waals surface area contributed by atoms with Crippen LogP contribution in [0.15, 0.2) is 0 Å². The Balaban J connectivity index is 1.49. The molecule has 0 saturated carbocycles. The average Bonchev–Trinajstić information content (AvgIpc) is 3.45. The quantitative estimate of drug-likeness (QED) is 0.366. The minimum Gasteiger partial charge on any atom is -0.381 e. The first kappa shape index (κ1) is 20.5. The minimum atomic E-state index is 0.117. The van der Waals surface area contributed by atoms with E-state index < -0.39 is 0 Å². The van der Waals surface area contributed by atoms with Crippen LogP contribution in [-0.4, -0.2) is 64.6 Å². The number of ether oxygens (including phenoxy) is 5. The Morgan fingerprint density at radius 1 is 0.885 bits per heavy atom. The largest absolute Gasteiger partial charge is 0.381 e. The topological polar surface area (TPSA) is 56.0 Å². The lowest BCUT2D eigenvalue weighted by atomic mass is 9.79. The highest BCUT2D eigenvalue weighted by molar-refractivity contribution is 4.83. The fraction of sp³-hybridized carbons (Fsp3) is 1.00. The Morgan fingerprint density at radius 3 is 1.92 bits per heavy atom. The number of hydrogen-bond acceptors (Lipinski definition) is 5. The molecule has 3 aliphatic heterocycles. The van der Waals surface area contributed by atoms with Crippen LogP contribution in [0.1, 0.15) is 58.8 Å². The van der Waals surface area contributed by atoms with Gasteiger partial charge in [-0.3, -0.25) is 0 Å². The van der Waals surface area contributed by atoms with Crippen LogP contribution in [0.4, 0.5) is 0 Å². The first-order valence-corrected chi connectivity index (χ1v) is 10.7. The molecule has 0 amide bonds. The maximum absolute atomic E-state index is 6.20. The van der Waals surface area contributed by atoms with Gasteiger partial charge >= 0.3 is 0 Å². The van der Waals surface area contributed by atoms with E-state index >= 15 is 0 Å². The van der Waals surface area contributed by atoms with Crippen LogP contribution >= 0.6 is 0 Å². The van der Waals surface area contributed by atoms with Crippen molar-refractivity contribution < 1.29 is 23.7 Å². The first-order valence-electron chi connectivity index (χ1n) is 10.7. The van der Waals surface area contributed by atoms with Crippen LogP contribution in [0, 0.1) is 11.3 Å². The third-order valence-electron chi connectivity index (χ3n) is 5.89. The van der Waals surface area contributed by atoms with Crippen molar-refractivity contribution in [3.63, 3.8) is 0 Å². The molecule has 0 aromatic carbocycles. The van der Waals surface area contributed by atoms with Gasteiger partial charge in [-0.1, -0.05) is 33.1 Å². The van der Waals surface area contributed by atoms with Crippen LogP contribution in [0.2, 0.25) is 0 Å². The Kier molecular flexibility index (Phi) is 8.19. The van der Waals surface area contributed by atoms with Gasteiger partial charge in [-0.2, -0.15) is 0 Å². The van der Waals surface area contributed by atoms with Gasteiger partial charge in [0.2, 0.25) is 0 Å². The number of rotatable bonds is 17. The third-order valence-corrected chi connectivity index (χ3v) is 5.89. The molecule has 152 valence electrons.